The molecule has 3 aromatic rings. The molecule has 2 amide bonds. The molecule has 6 nitrogen and oxygen atoms in total. The van der Waals surface area contributed by atoms with E-state index in [9.17, 15) is 4.79 Å². The van der Waals surface area contributed by atoms with Gasteiger partial charge in [0.1, 0.15) is 11.6 Å². The number of pyridine rings is 1. The summed E-state index contributed by atoms with van der Waals surface area (Å²) in [5.74, 6) is 2.22. The molecule has 4 rings (SSSR count). The van der Waals surface area contributed by atoms with Gasteiger partial charge in [-0.25, -0.2) is 9.78 Å². The van der Waals surface area contributed by atoms with Crippen LogP contribution in [-0.4, -0.2) is 37.1 Å². The highest BCUT2D eigenvalue weighted by atomic mass is 35.5. The molecule has 1 aliphatic heterocycles. The van der Waals surface area contributed by atoms with Crippen molar-refractivity contribution in [2.24, 2.45) is 0 Å². The number of nitrogens with zero attached hydrogens (tertiary/aromatic N) is 2. The molecular formula is C25H27ClN4O2. The van der Waals surface area contributed by atoms with Gasteiger partial charge in [-0.15, -0.1) is 11.6 Å². The van der Waals surface area contributed by atoms with Gasteiger partial charge < -0.3 is 20.3 Å². The lowest BCUT2D eigenvalue weighted by atomic mass is 9.98. The molecule has 0 aliphatic carbocycles. The van der Waals surface area contributed by atoms with E-state index >= 15 is 0 Å². The summed E-state index contributed by atoms with van der Waals surface area (Å²) in [4.78, 5) is 19.2. The third kappa shape index (κ3) is 4.50. The number of hydrogen-bond acceptors (Lipinski definition) is 4. The van der Waals surface area contributed by atoms with Crippen LogP contribution in [-0.2, 0) is 6.42 Å². The van der Waals surface area contributed by atoms with E-state index in [-0.39, 0.29) is 6.03 Å². The topological polar surface area (TPSA) is 66.5 Å². The molecule has 0 saturated heterocycles. The Balaban J connectivity index is 1.68. The second kappa shape index (κ2) is 9.49. The van der Waals surface area contributed by atoms with Crippen molar-refractivity contribution < 1.29 is 9.53 Å². The molecule has 2 aromatic carbocycles. The van der Waals surface area contributed by atoms with E-state index in [0.717, 1.165) is 58.3 Å². The number of rotatable bonds is 6. The molecule has 0 atom stereocenters. The van der Waals surface area contributed by atoms with Gasteiger partial charge in [0.2, 0.25) is 0 Å². The first kappa shape index (κ1) is 22.0. The minimum Gasteiger partial charge on any atom is -0.497 e. The number of alkyl halides is 1. The lowest BCUT2D eigenvalue weighted by Gasteiger charge is -2.22. The second-order valence-corrected chi connectivity index (χ2v) is 8.20. The summed E-state index contributed by atoms with van der Waals surface area (Å²) < 4.78 is 5.36. The van der Waals surface area contributed by atoms with Crippen LogP contribution in [0.4, 0.5) is 22.0 Å². The average Bonchev–Trinajstić information content (AvgIpc) is 3.20. The number of fused-ring (bicyclic) bond motifs is 1. The third-order valence-corrected chi connectivity index (χ3v) is 5.77. The molecule has 1 aliphatic rings. The first-order valence-corrected chi connectivity index (χ1v) is 11.2. The maximum Gasteiger partial charge on any atom is 0.319 e. The number of nitrogens with one attached hydrogen (secondary N) is 2. The predicted molar refractivity (Wildman–Crippen MR) is 131 cm³/mol. The van der Waals surface area contributed by atoms with Gasteiger partial charge in [-0.1, -0.05) is 12.1 Å². The monoisotopic (exact) mass is 450 g/mol. The van der Waals surface area contributed by atoms with Crippen LogP contribution in [0.2, 0.25) is 0 Å². The number of methoxy groups -OCH3 is 1. The SMILES string of the molecule is COc1ccc(N2CCc3c(-c4cccc(NC(=O)NCCCl)c4)cc(C)nc32)c(C)c1. The maximum absolute atomic E-state index is 12.0. The quantitative estimate of drug-likeness (QED) is 0.491. The number of carbonyl (C=O) groups is 1. The molecule has 0 fully saturated rings. The standard InChI is InChI=1S/C25H27ClN4O2/c1-16-13-20(32-3)7-8-23(16)30-12-9-21-22(14-17(2)28-24(21)30)18-5-4-6-19(15-18)29-25(31)27-11-10-26/h4-8,13-15H,9-12H2,1-3H3,(H2,27,29,31). The Bertz CT molecular complexity index is 1150. The Kier molecular flexibility index (Phi) is 6.51. The first-order valence-electron chi connectivity index (χ1n) is 10.6. The molecule has 0 unspecified atom stereocenters. The summed E-state index contributed by atoms with van der Waals surface area (Å²) in [7, 11) is 1.68. The van der Waals surface area contributed by atoms with E-state index in [1.54, 1.807) is 7.11 Å². The van der Waals surface area contributed by atoms with Crippen molar-refractivity contribution in [3.8, 4) is 16.9 Å². The number of urea groups is 1. The van der Waals surface area contributed by atoms with E-state index in [4.69, 9.17) is 21.3 Å². The smallest absolute Gasteiger partial charge is 0.319 e. The van der Waals surface area contributed by atoms with Gasteiger partial charge in [0.25, 0.3) is 0 Å². The fraction of sp³-hybridized carbons (Fsp3) is 0.280. The third-order valence-electron chi connectivity index (χ3n) is 5.58. The first-order chi connectivity index (χ1) is 15.5. The molecule has 0 bridgehead atoms. The molecule has 0 saturated carbocycles. The van der Waals surface area contributed by atoms with Crippen molar-refractivity contribution in [2.45, 2.75) is 20.3 Å². The van der Waals surface area contributed by atoms with E-state index in [0.29, 0.717) is 12.4 Å². The van der Waals surface area contributed by atoms with Crippen LogP contribution in [0.25, 0.3) is 11.1 Å². The molecule has 2 heterocycles. The normalized spacial score (nSPS) is 12.4. The highest BCUT2D eigenvalue weighted by Crippen LogP contribution is 2.41. The molecular weight excluding hydrogens is 424 g/mol. The lowest BCUT2D eigenvalue weighted by Crippen LogP contribution is -2.30. The van der Waals surface area contributed by atoms with E-state index < -0.39 is 0 Å². The Hall–Kier alpha value is -3.25. The van der Waals surface area contributed by atoms with E-state index in [1.807, 2.05) is 31.2 Å². The Morgan fingerprint density at radius 1 is 1.19 bits per heavy atom. The minimum absolute atomic E-state index is 0.264. The summed E-state index contributed by atoms with van der Waals surface area (Å²) >= 11 is 5.65. The van der Waals surface area contributed by atoms with E-state index in [2.05, 4.69) is 46.7 Å². The number of aromatic nitrogens is 1. The summed E-state index contributed by atoms with van der Waals surface area (Å²) in [5, 5.41) is 5.60. The van der Waals surface area contributed by atoms with Gasteiger partial charge in [-0.3, -0.25) is 0 Å². The Morgan fingerprint density at radius 2 is 2.03 bits per heavy atom. The van der Waals surface area contributed by atoms with Gasteiger partial charge in [0, 0.05) is 41.6 Å². The van der Waals surface area contributed by atoms with Crippen LogP contribution >= 0.6 is 11.6 Å². The molecule has 1 aromatic heterocycles. The number of aryl methyl sites for hydroxylation is 2. The molecule has 2 N–H and O–H groups in total. The maximum atomic E-state index is 12.0. The number of ether oxygens (including phenoxy) is 1. The van der Waals surface area contributed by atoms with Crippen LogP contribution < -0.4 is 20.3 Å². The van der Waals surface area contributed by atoms with E-state index in [1.165, 1.54) is 5.56 Å². The summed E-state index contributed by atoms with van der Waals surface area (Å²) in [6.45, 7) is 5.40. The summed E-state index contributed by atoms with van der Waals surface area (Å²) in [6.07, 6.45) is 0.900. The fourth-order valence-electron chi connectivity index (χ4n) is 4.13. The van der Waals surface area contributed by atoms with Gasteiger partial charge in [0.15, 0.2) is 0 Å². The predicted octanol–water partition coefficient (Wildman–Crippen LogP) is 5.43. The summed E-state index contributed by atoms with van der Waals surface area (Å²) in [6, 6.07) is 15.9. The van der Waals surface area contributed by atoms with Gasteiger partial charge in [-0.05, 0) is 73.4 Å². The highest BCUT2D eigenvalue weighted by Gasteiger charge is 2.27. The average molecular weight is 451 g/mol. The van der Waals surface area contributed by atoms with Crippen molar-refractivity contribution in [1.29, 1.82) is 0 Å². The molecule has 7 heteroatoms. The zero-order valence-electron chi connectivity index (χ0n) is 18.5. The number of halogens is 1. The number of hydrogen-bond donors (Lipinski definition) is 2. The zero-order valence-corrected chi connectivity index (χ0v) is 19.3. The minimum atomic E-state index is -0.264. The second-order valence-electron chi connectivity index (χ2n) is 7.82. The molecule has 32 heavy (non-hydrogen) atoms. The van der Waals surface area contributed by atoms with Crippen molar-refractivity contribution in [3.05, 3.63) is 65.4 Å². The number of anilines is 3. The van der Waals surface area contributed by atoms with Crippen molar-refractivity contribution in [3.63, 3.8) is 0 Å². The highest BCUT2D eigenvalue weighted by molar-refractivity contribution is 6.18. The largest absolute Gasteiger partial charge is 0.497 e. The Labute approximate surface area is 193 Å². The summed E-state index contributed by atoms with van der Waals surface area (Å²) in [5.41, 5.74) is 7.39. The van der Waals surface area contributed by atoms with Crippen LogP contribution in [0.15, 0.2) is 48.5 Å². The van der Waals surface area contributed by atoms with Gasteiger partial charge in [0.05, 0.1) is 7.11 Å². The lowest BCUT2D eigenvalue weighted by molar-refractivity contribution is 0.252. The van der Waals surface area contributed by atoms with Crippen molar-refractivity contribution in [1.82, 2.24) is 10.3 Å². The Morgan fingerprint density at radius 3 is 2.78 bits per heavy atom. The fourth-order valence-corrected chi connectivity index (χ4v) is 4.23. The van der Waals surface area contributed by atoms with Crippen molar-refractivity contribution in [2.75, 3.05) is 36.3 Å². The molecule has 0 radical (unpaired) electrons. The van der Waals surface area contributed by atoms with Crippen LogP contribution in [0, 0.1) is 13.8 Å². The van der Waals surface area contributed by atoms with Crippen molar-refractivity contribution >= 4 is 34.8 Å². The van der Waals surface area contributed by atoms with Gasteiger partial charge >= 0.3 is 6.03 Å². The van der Waals surface area contributed by atoms with Crippen LogP contribution in [0.1, 0.15) is 16.8 Å². The van der Waals surface area contributed by atoms with Crippen LogP contribution in [0.5, 0.6) is 5.75 Å². The van der Waals surface area contributed by atoms with Gasteiger partial charge in [-0.2, -0.15) is 0 Å². The van der Waals surface area contributed by atoms with Crippen LogP contribution in [0.3, 0.4) is 0 Å². The molecule has 166 valence electrons. The number of benzene rings is 2. The molecule has 0 spiro atoms. The number of carbonyl (C=O) groups excluding carboxylic acids is 1. The number of amides is 2. The zero-order chi connectivity index (χ0) is 22.7.